The number of ether oxygens (including phenoxy) is 3. The van der Waals surface area contributed by atoms with Crippen LogP contribution in [0.2, 0.25) is 0 Å². The Morgan fingerprint density at radius 2 is 1.69 bits per heavy atom. The molecule has 2 heterocycles. The third-order valence-electron chi connectivity index (χ3n) is 6.45. The first-order chi connectivity index (χ1) is 14.1. The van der Waals surface area contributed by atoms with Gasteiger partial charge < -0.3 is 19.1 Å². The van der Waals surface area contributed by atoms with Crippen molar-refractivity contribution in [1.29, 1.82) is 0 Å². The van der Waals surface area contributed by atoms with Crippen molar-refractivity contribution in [1.82, 2.24) is 9.80 Å². The molecule has 7 nitrogen and oxygen atoms in total. The van der Waals surface area contributed by atoms with Gasteiger partial charge in [0.15, 0.2) is 11.5 Å². The van der Waals surface area contributed by atoms with Crippen molar-refractivity contribution in [3.8, 4) is 11.5 Å². The molecule has 29 heavy (non-hydrogen) atoms. The fourth-order valence-electron chi connectivity index (χ4n) is 4.92. The van der Waals surface area contributed by atoms with Crippen LogP contribution in [0.5, 0.6) is 11.5 Å². The largest absolute Gasteiger partial charge is 0.493 e. The number of nitrogens with zero attached hydrogens (tertiary/aromatic N) is 2. The predicted molar refractivity (Wildman–Crippen MR) is 107 cm³/mol. The third kappa shape index (κ3) is 3.56. The molecule has 0 aromatic heterocycles. The zero-order valence-electron chi connectivity index (χ0n) is 17.3. The Kier molecular flexibility index (Phi) is 5.67. The maximum Gasteiger partial charge on any atom is 0.257 e. The summed E-state index contributed by atoms with van der Waals surface area (Å²) in [5.74, 6) is 0.902. The number of methoxy groups -OCH3 is 2. The van der Waals surface area contributed by atoms with E-state index in [0.29, 0.717) is 17.1 Å². The summed E-state index contributed by atoms with van der Waals surface area (Å²) in [6, 6.07) is 4.59. The third-order valence-corrected chi connectivity index (χ3v) is 6.45. The van der Waals surface area contributed by atoms with Crippen molar-refractivity contribution in [2.75, 3.05) is 33.9 Å². The molecule has 1 spiro atoms. The number of hydrogen-bond acceptors (Lipinski definition) is 5. The number of rotatable bonds is 4. The van der Waals surface area contributed by atoms with E-state index >= 15 is 0 Å². The van der Waals surface area contributed by atoms with E-state index in [1.54, 1.807) is 37.3 Å². The van der Waals surface area contributed by atoms with Gasteiger partial charge in [0.05, 0.1) is 20.8 Å². The Morgan fingerprint density at radius 3 is 2.34 bits per heavy atom. The molecule has 0 radical (unpaired) electrons. The van der Waals surface area contributed by atoms with Crippen molar-refractivity contribution in [2.45, 2.75) is 56.7 Å². The van der Waals surface area contributed by atoms with Crippen molar-refractivity contribution in [3.63, 3.8) is 0 Å². The molecule has 1 aromatic carbocycles. The van der Waals surface area contributed by atoms with Crippen LogP contribution < -0.4 is 9.47 Å². The molecule has 3 aliphatic rings. The van der Waals surface area contributed by atoms with Gasteiger partial charge in [0.1, 0.15) is 11.8 Å². The zero-order chi connectivity index (χ0) is 20.4. The first-order valence-electron chi connectivity index (χ1n) is 10.6. The van der Waals surface area contributed by atoms with E-state index < -0.39 is 11.8 Å². The smallest absolute Gasteiger partial charge is 0.257 e. The SMILES string of the molecule is COc1ccc(C(=O)N2C(C(=O)N3CCCC3)COC23CCCCC3)cc1OC. The molecule has 4 rings (SSSR count). The summed E-state index contributed by atoms with van der Waals surface area (Å²) >= 11 is 0. The van der Waals surface area contributed by atoms with Gasteiger partial charge in [0, 0.05) is 18.7 Å². The van der Waals surface area contributed by atoms with Crippen LogP contribution in [0.25, 0.3) is 0 Å². The molecule has 158 valence electrons. The minimum Gasteiger partial charge on any atom is -0.493 e. The van der Waals surface area contributed by atoms with Gasteiger partial charge in [0.2, 0.25) is 5.91 Å². The van der Waals surface area contributed by atoms with E-state index in [1.165, 1.54) is 0 Å². The quantitative estimate of drug-likeness (QED) is 0.775. The summed E-state index contributed by atoms with van der Waals surface area (Å²) < 4.78 is 16.9. The highest BCUT2D eigenvalue weighted by Crippen LogP contribution is 2.42. The number of amides is 2. The molecular formula is C22H30N2O5. The Bertz CT molecular complexity index is 768. The number of carbonyl (C=O) groups excluding carboxylic acids is 2. The Balaban J connectivity index is 1.68. The highest BCUT2D eigenvalue weighted by molar-refractivity contribution is 5.99. The number of benzene rings is 1. The lowest BCUT2D eigenvalue weighted by atomic mass is 9.89. The monoisotopic (exact) mass is 402 g/mol. The minimum atomic E-state index is -0.678. The fourth-order valence-corrected chi connectivity index (χ4v) is 4.92. The van der Waals surface area contributed by atoms with Crippen LogP contribution in [0.3, 0.4) is 0 Å². The maximum absolute atomic E-state index is 13.7. The molecule has 0 N–H and O–H groups in total. The van der Waals surface area contributed by atoms with Crippen molar-refractivity contribution in [3.05, 3.63) is 23.8 Å². The van der Waals surface area contributed by atoms with E-state index in [-0.39, 0.29) is 18.4 Å². The average Bonchev–Trinajstić information content (AvgIpc) is 3.42. The Labute approximate surface area is 171 Å². The average molecular weight is 402 g/mol. The summed E-state index contributed by atoms with van der Waals surface area (Å²) in [6.07, 6.45) is 6.72. The maximum atomic E-state index is 13.7. The van der Waals surface area contributed by atoms with E-state index in [1.807, 2.05) is 4.90 Å². The second kappa shape index (κ2) is 8.22. The van der Waals surface area contributed by atoms with E-state index in [4.69, 9.17) is 14.2 Å². The fraction of sp³-hybridized carbons (Fsp3) is 0.636. The molecule has 2 aliphatic heterocycles. The van der Waals surface area contributed by atoms with Crippen LogP contribution in [0.4, 0.5) is 0 Å². The first kappa shape index (κ1) is 20.0. The zero-order valence-corrected chi connectivity index (χ0v) is 17.3. The highest BCUT2D eigenvalue weighted by atomic mass is 16.5. The van der Waals surface area contributed by atoms with Gasteiger partial charge in [-0.05, 0) is 56.7 Å². The first-order valence-corrected chi connectivity index (χ1v) is 10.6. The van der Waals surface area contributed by atoms with Gasteiger partial charge in [-0.2, -0.15) is 0 Å². The lowest BCUT2D eigenvalue weighted by molar-refractivity contribution is -0.136. The molecule has 0 bridgehead atoms. The van der Waals surface area contributed by atoms with Crippen molar-refractivity contribution < 1.29 is 23.8 Å². The predicted octanol–water partition coefficient (Wildman–Crippen LogP) is 2.83. The second-order valence-electron chi connectivity index (χ2n) is 8.11. The normalized spacial score (nSPS) is 23.4. The lowest BCUT2D eigenvalue weighted by Gasteiger charge is -2.42. The van der Waals surface area contributed by atoms with E-state index in [9.17, 15) is 9.59 Å². The van der Waals surface area contributed by atoms with Crippen molar-refractivity contribution >= 4 is 11.8 Å². The molecule has 1 aliphatic carbocycles. The molecule has 1 saturated carbocycles. The molecule has 3 fully saturated rings. The number of carbonyl (C=O) groups is 2. The van der Waals surface area contributed by atoms with Gasteiger partial charge in [-0.15, -0.1) is 0 Å². The molecule has 2 amide bonds. The number of hydrogen-bond donors (Lipinski definition) is 0. The molecule has 1 unspecified atom stereocenters. The Morgan fingerprint density at radius 1 is 1.00 bits per heavy atom. The standard InChI is InChI=1S/C22H30N2O5/c1-27-18-9-8-16(14-19(18)28-2)20(25)24-17(21(26)23-12-6-7-13-23)15-29-22(24)10-4-3-5-11-22/h8-9,14,17H,3-7,10-13,15H2,1-2H3. The van der Waals surface area contributed by atoms with Crippen LogP contribution in [0.15, 0.2) is 18.2 Å². The Hall–Kier alpha value is -2.28. The topological polar surface area (TPSA) is 68.3 Å². The van der Waals surface area contributed by atoms with Gasteiger partial charge in [-0.25, -0.2) is 0 Å². The van der Waals surface area contributed by atoms with Crippen molar-refractivity contribution in [2.24, 2.45) is 0 Å². The van der Waals surface area contributed by atoms with Crippen LogP contribution in [0.1, 0.15) is 55.3 Å². The van der Waals surface area contributed by atoms with Crippen LogP contribution in [-0.2, 0) is 9.53 Å². The summed E-state index contributed by atoms with van der Waals surface area (Å²) in [7, 11) is 3.11. The van der Waals surface area contributed by atoms with Gasteiger partial charge in [0.25, 0.3) is 5.91 Å². The summed E-state index contributed by atoms with van der Waals surface area (Å²) in [4.78, 5) is 30.6. The van der Waals surface area contributed by atoms with Crippen LogP contribution >= 0.6 is 0 Å². The molecular weight excluding hydrogens is 372 g/mol. The molecule has 1 atom stereocenters. The van der Waals surface area contributed by atoms with Gasteiger partial charge >= 0.3 is 0 Å². The van der Waals surface area contributed by atoms with Crippen LogP contribution in [0, 0.1) is 0 Å². The second-order valence-corrected chi connectivity index (χ2v) is 8.11. The minimum absolute atomic E-state index is 0.0128. The van der Waals surface area contributed by atoms with E-state index in [0.717, 1.165) is 58.0 Å². The lowest BCUT2D eigenvalue weighted by Crippen LogP contribution is -2.56. The summed E-state index contributed by atoms with van der Waals surface area (Å²) in [5.41, 5.74) is -0.194. The summed E-state index contributed by atoms with van der Waals surface area (Å²) in [6.45, 7) is 1.80. The molecule has 2 saturated heterocycles. The summed E-state index contributed by atoms with van der Waals surface area (Å²) in [5, 5.41) is 0. The van der Waals surface area contributed by atoms with Crippen LogP contribution in [-0.4, -0.2) is 67.3 Å². The van der Waals surface area contributed by atoms with Gasteiger partial charge in [-0.3, -0.25) is 14.5 Å². The highest BCUT2D eigenvalue weighted by Gasteiger charge is 2.53. The molecule has 1 aromatic rings. The van der Waals surface area contributed by atoms with E-state index in [2.05, 4.69) is 0 Å². The molecule has 7 heteroatoms. The number of likely N-dealkylation sites (tertiary alicyclic amines) is 1. The van der Waals surface area contributed by atoms with Gasteiger partial charge in [-0.1, -0.05) is 6.42 Å².